The summed E-state index contributed by atoms with van der Waals surface area (Å²) in [6, 6.07) is 9.96. The van der Waals surface area contributed by atoms with E-state index in [0.29, 0.717) is 12.5 Å². The van der Waals surface area contributed by atoms with E-state index in [9.17, 15) is 4.39 Å². The lowest BCUT2D eigenvalue weighted by Gasteiger charge is -2.03. The van der Waals surface area contributed by atoms with Crippen LogP contribution < -0.4 is 4.74 Å². The molecule has 2 rings (SSSR count). The normalized spacial score (nSPS) is 10.1. The third-order valence-corrected chi connectivity index (χ3v) is 1.88. The van der Waals surface area contributed by atoms with E-state index in [1.54, 1.807) is 18.3 Å². The average molecular weight is 191 g/mol. The van der Waals surface area contributed by atoms with Gasteiger partial charge in [0.05, 0.1) is 0 Å². The molecule has 0 unspecified atom stereocenters. The van der Waals surface area contributed by atoms with Gasteiger partial charge in [-0.3, -0.25) is 0 Å². The number of rotatable bonds is 3. The molecule has 2 nitrogen and oxygen atoms in total. The first kappa shape index (κ1) is 8.81. The van der Waals surface area contributed by atoms with Crippen LogP contribution in [0.5, 0.6) is 5.88 Å². The highest BCUT2D eigenvalue weighted by Crippen LogP contribution is 2.09. The molecule has 72 valence electrons. The number of aromatic nitrogens is 1. The quantitative estimate of drug-likeness (QED) is 0.792. The van der Waals surface area contributed by atoms with Crippen LogP contribution in [0, 0.1) is 5.82 Å². The van der Waals surface area contributed by atoms with Crippen molar-refractivity contribution in [2.75, 3.05) is 0 Å². The molecule has 0 spiro atoms. The maximum absolute atomic E-state index is 12.6. The number of ether oxygens (including phenoxy) is 1. The van der Waals surface area contributed by atoms with Crippen LogP contribution in [0.2, 0.25) is 0 Å². The summed E-state index contributed by atoms with van der Waals surface area (Å²) in [6.45, 7) is 0.445. The molecule has 1 N–H and O–H groups in total. The standard InChI is InChI=1S/C11H10FNO/c12-10-5-3-9(4-6-10)8-14-11-2-1-7-13-11/h1-7,13H,8H2. The number of hydrogen-bond acceptors (Lipinski definition) is 1. The smallest absolute Gasteiger partial charge is 0.191 e. The van der Waals surface area contributed by atoms with E-state index in [1.807, 2.05) is 12.1 Å². The molecule has 0 aliphatic rings. The molecule has 1 aromatic heterocycles. The van der Waals surface area contributed by atoms with Crippen LogP contribution in [0.3, 0.4) is 0 Å². The van der Waals surface area contributed by atoms with Crippen LogP contribution in [0.15, 0.2) is 42.6 Å². The van der Waals surface area contributed by atoms with Gasteiger partial charge in [-0.15, -0.1) is 0 Å². The zero-order valence-corrected chi connectivity index (χ0v) is 7.53. The Kier molecular flexibility index (Phi) is 2.49. The second-order valence-electron chi connectivity index (χ2n) is 2.95. The summed E-state index contributed by atoms with van der Waals surface area (Å²) in [7, 11) is 0. The molecule has 0 aliphatic carbocycles. The molecule has 14 heavy (non-hydrogen) atoms. The Bertz CT molecular complexity index is 380. The van der Waals surface area contributed by atoms with Crippen LogP contribution in [0.1, 0.15) is 5.56 Å². The lowest BCUT2D eigenvalue weighted by atomic mass is 10.2. The van der Waals surface area contributed by atoms with Gasteiger partial charge in [0.15, 0.2) is 5.88 Å². The van der Waals surface area contributed by atoms with Gasteiger partial charge in [0.1, 0.15) is 12.4 Å². The van der Waals surface area contributed by atoms with Gasteiger partial charge in [-0.25, -0.2) is 4.39 Å². The molecule has 0 atom stereocenters. The molecule has 0 radical (unpaired) electrons. The van der Waals surface area contributed by atoms with E-state index in [2.05, 4.69) is 4.98 Å². The monoisotopic (exact) mass is 191 g/mol. The van der Waals surface area contributed by atoms with E-state index < -0.39 is 0 Å². The second kappa shape index (κ2) is 3.96. The number of H-pyrrole nitrogens is 1. The molecule has 2 aromatic rings. The molecule has 1 aromatic carbocycles. The van der Waals surface area contributed by atoms with Gasteiger partial charge in [0, 0.05) is 6.20 Å². The van der Waals surface area contributed by atoms with Gasteiger partial charge in [0.2, 0.25) is 0 Å². The predicted molar refractivity (Wildman–Crippen MR) is 51.5 cm³/mol. The van der Waals surface area contributed by atoms with E-state index in [0.717, 1.165) is 5.56 Å². The first-order chi connectivity index (χ1) is 6.84. The summed E-state index contributed by atoms with van der Waals surface area (Å²) >= 11 is 0. The highest BCUT2D eigenvalue weighted by molar-refractivity contribution is 5.17. The van der Waals surface area contributed by atoms with Gasteiger partial charge in [-0.05, 0) is 29.8 Å². The molecule has 0 saturated carbocycles. The molecule has 0 aliphatic heterocycles. The van der Waals surface area contributed by atoms with E-state index in [-0.39, 0.29) is 5.82 Å². The summed E-state index contributed by atoms with van der Waals surface area (Å²) in [5.74, 6) is 0.489. The third kappa shape index (κ3) is 2.13. The highest BCUT2D eigenvalue weighted by atomic mass is 19.1. The van der Waals surface area contributed by atoms with Crippen LogP contribution in [-0.2, 0) is 6.61 Å². The van der Waals surface area contributed by atoms with E-state index in [1.165, 1.54) is 12.1 Å². The lowest BCUT2D eigenvalue weighted by Crippen LogP contribution is -1.95. The zero-order chi connectivity index (χ0) is 9.80. The molecule has 0 amide bonds. The summed E-state index contributed by atoms with van der Waals surface area (Å²) in [5.41, 5.74) is 0.945. The fourth-order valence-corrected chi connectivity index (χ4v) is 1.15. The fraction of sp³-hybridized carbons (Fsp3) is 0.0909. The van der Waals surface area contributed by atoms with Crippen molar-refractivity contribution in [1.82, 2.24) is 4.98 Å². The fourth-order valence-electron chi connectivity index (χ4n) is 1.15. The number of aromatic amines is 1. The lowest BCUT2D eigenvalue weighted by molar-refractivity contribution is 0.295. The number of nitrogens with one attached hydrogen (secondary N) is 1. The maximum atomic E-state index is 12.6. The maximum Gasteiger partial charge on any atom is 0.191 e. The van der Waals surface area contributed by atoms with Crippen molar-refractivity contribution >= 4 is 0 Å². The summed E-state index contributed by atoms with van der Waals surface area (Å²) in [5, 5.41) is 0. The van der Waals surface area contributed by atoms with Gasteiger partial charge >= 0.3 is 0 Å². The van der Waals surface area contributed by atoms with Gasteiger partial charge in [-0.2, -0.15) is 0 Å². The van der Waals surface area contributed by atoms with E-state index >= 15 is 0 Å². The van der Waals surface area contributed by atoms with Crippen LogP contribution >= 0.6 is 0 Å². The van der Waals surface area contributed by atoms with Crippen molar-refractivity contribution < 1.29 is 9.13 Å². The van der Waals surface area contributed by atoms with Crippen molar-refractivity contribution in [3.05, 3.63) is 54.0 Å². The summed E-state index contributed by atoms with van der Waals surface area (Å²) < 4.78 is 17.9. The molecule has 3 heteroatoms. The van der Waals surface area contributed by atoms with Crippen molar-refractivity contribution in [1.29, 1.82) is 0 Å². The predicted octanol–water partition coefficient (Wildman–Crippen LogP) is 2.73. The molecule has 0 saturated heterocycles. The van der Waals surface area contributed by atoms with E-state index in [4.69, 9.17) is 4.74 Å². The van der Waals surface area contributed by atoms with Gasteiger partial charge in [-0.1, -0.05) is 12.1 Å². The average Bonchev–Trinajstić information content (AvgIpc) is 2.70. The number of benzene rings is 1. The Labute approximate surface area is 81.3 Å². The van der Waals surface area contributed by atoms with Gasteiger partial charge < -0.3 is 9.72 Å². The Hall–Kier alpha value is -1.77. The summed E-state index contributed by atoms with van der Waals surface area (Å²) in [6.07, 6.45) is 1.79. The van der Waals surface area contributed by atoms with Crippen LogP contribution in [0.4, 0.5) is 4.39 Å². The minimum absolute atomic E-state index is 0.228. The first-order valence-electron chi connectivity index (χ1n) is 4.35. The number of hydrogen-bond donors (Lipinski definition) is 1. The molecule has 0 bridgehead atoms. The summed E-state index contributed by atoms with van der Waals surface area (Å²) in [4.78, 5) is 2.92. The van der Waals surface area contributed by atoms with Gasteiger partial charge in [0.25, 0.3) is 0 Å². The van der Waals surface area contributed by atoms with Crippen molar-refractivity contribution in [2.45, 2.75) is 6.61 Å². The Morgan fingerprint density at radius 3 is 2.57 bits per heavy atom. The minimum Gasteiger partial charge on any atom is -0.474 e. The number of halogens is 1. The molecule has 0 fully saturated rings. The molecular formula is C11H10FNO. The van der Waals surface area contributed by atoms with Crippen LogP contribution in [-0.4, -0.2) is 4.98 Å². The SMILES string of the molecule is Fc1ccc(COc2ccc[nH]2)cc1. The second-order valence-corrected chi connectivity index (χ2v) is 2.95. The van der Waals surface area contributed by atoms with Crippen molar-refractivity contribution in [3.63, 3.8) is 0 Å². The largest absolute Gasteiger partial charge is 0.474 e. The Morgan fingerprint density at radius 2 is 1.93 bits per heavy atom. The highest BCUT2D eigenvalue weighted by Gasteiger charge is 1.96. The zero-order valence-electron chi connectivity index (χ0n) is 7.53. The topological polar surface area (TPSA) is 25.0 Å². The third-order valence-electron chi connectivity index (χ3n) is 1.88. The minimum atomic E-state index is -0.228. The van der Waals surface area contributed by atoms with Crippen molar-refractivity contribution in [3.8, 4) is 5.88 Å². The Balaban J connectivity index is 1.95. The van der Waals surface area contributed by atoms with Crippen molar-refractivity contribution in [2.24, 2.45) is 0 Å². The Morgan fingerprint density at radius 1 is 1.14 bits per heavy atom. The van der Waals surface area contributed by atoms with Crippen LogP contribution in [0.25, 0.3) is 0 Å². The first-order valence-corrected chi connectivity index (χ1v) is 4.35. The molecule has 1 heterocycles. The molecular weight excluding hydrogens is 181 g/mol.